The van der Waals surface area contributed by atoms with Crippen molar-refractivity contribution in [3.63, 3.8) is 0 Å². The second kappa shape index (κ2) is 9.36. The Kier molecular flexibility index (Phi) is 6.65. The van der Waals surface area contributed by atoms with Crippen molar-refractivity contribution in [1.29, 1.82) is 0 Å². The average molecular weight is 384 g/mol. The maximum atomic E-state index is 12.5. The summed E-state index contributed by atoms with van der Waals surface area (Å²) < 4.78 is 5.30. The summed E-state index contributed by atoms with van der Waals surface area (Å²) in [6.07, 6.45) is 2.66. The molecule has 3 N–H and O–H groups in total. The second-order valence-corrected chi connectivity index (χ2v) is 6.79. The van der Waals surface area contributed by atoms with Crippen molar-refractivity contribution in [2.75, 3.05) is 50.5 Å². The molecule has 0 atom stereocenters. The van der Waals surface area contributed by atoms with E-state index in [4.69, 9.17) is 10.5 Å². The van der Waals surface area contributed by atoms with Gasteiger partial charge in [0.15, 0.2) is 0 Å². The van der Waals surface area contributed by atoms with Gasteiger partial charge in [0.25, 0.3) is 5.91 Å². The normalized spacial score (nSPS) is 14.7. The molecule has 0 bridgehead atoms. The molecule has 2 heterocycles. The number of nitrogen functional groups attached to an aromatic ring is 1. The first-order chi connectivity index (χ1) is 13.6. The maximum absolute atomic E-state index is 12.5. The average Bonchev–Trinajstić information content (AvgIpc) is 2.73. The molecule has 0 radical (unpaired) electrons. The Morgan fingerprint density at radius 3 is 2.68 bits per heavy atom. The number of nitrogens with two attached hydrogens (primary N) is 1. The molecular formula is C20H28N6O2. The Hall–Kier alpha value is -2.87. The zero-order valence-electron chi connectivity index (χ0n) is 16.5. The standard InChI is InChI=1S/C20H28N6O2/c1-3-8-25-9-11-26(12-10-25)20-23-14-16(18(21)24-20)19(27)22-13-15-6-4-5-7-17(15)28-2/h4-7,14H,3,8-13H2,1-2H3,(H,22,27)(H2,21,23,24). The molecule has 8 heteroatoms. The van der Waals surface area contributed by atoms with E-state index >= 15 is 0 Å². The number of piperazine rings is 1. The van der Waals surface area contributed by atoms with E-state index < -0.39 is 0 Å². The summed E-state index contributed by atoms with van der Waals surface area (Å²) in [7, 11) is 1.60. The van der Waals surface area contributed by atoms with Gasteiger partial charge in [0.1, 0.15) is 11.6 Å². The van der Waals surface area contributed by atoms with Crippen LogP contribution in [0.3, 0.4) is 0 Å². The Bertz CT molecular complexity index is 805. The predicted octanol–water partition coefficient (Wildman–Crippen LogP) is 1.53. The number of nitrogens with one attached hydrogen (secondary N) is 1. The highest BCUT2D eigenvalue weighted by atomic mass is 16.5. The highest BCUT2D eigenvalue weighted by molar-refractivity contribution is 5.98. The van der Waals surface area contributed by atoms with Crippen LogP contribution in [-0.4, -0.2) is 60.6 Å². The largest absolute Gasteiger partial charge is 0.496 e. The number of carbonyl (C=O) groups excluding carboxylic acids is 1. The fourth-order valence-electron chi connectivity index (χ4n) is 3.32. The molecule has 1 aliphatic heterocycles. The third-order valence-corrected chi connectivity index (χ3v) is 4.88. The van der Waals surface area contributed by atoms with Crippen molar-refractivity contribution in [3.05, 3.63) is 41.6 Å². The number of ether oxygens (including phenoxy) is 1. The highest BCUT2D eigenvalue weighted by Gasteiger charge is 2.20. The van der Waals surface area contributed by atoms with Gasteiger partial charge in [-0.3, -0.25) is 9.69 Å². The summed E-state index contributed by atoms with van der Waals surface area (Å²) in [6, 6.07) is 7.54. The van der Waals surface area contributed by atoms with Crippen LogP contribution in [0.15, 0.2) is 30.5 Å². The summed E-state index contributed by atoms with van der Waals surface area (Å²) in [5, 5.41) is 2.85. The number of carbonyl (C=O) groups is 1. The summed E-state index contributed by atoms with van der Waals surface area (Å²) in [5.41, 5.74) is 7.22. The fraction of sp³-hybridized carbons (Fsp3) is 0.450. The van der Waals surface area contributed by atoms with Gasteiger partial charge in [0, 0.05) is 44.5 Å². The zero-order chi connectivity index (χ0) is 19.9. The Balaban J connectivity index is 1.61. The molecule has 0 unspecified atom stereocenters. The van der Waals surface area contributed by atoms with Crippen LogP contribution < -0.4 is 20.7 Å². The lowest BCUT2D eigenvalue weighted by molar-refractivity contribution is 0.0951. The van der Waals surface area contributed by atoms with Gasteiger partial charge in [0.2, 0.25) is 5.95 Å². The van der Waals surface area contributed by atoms with Gasteiger partial charge >= 0.3 is 0 Å². The van der Waals surface area contributed by atoms with E-state index in [9.17, 15) is 4.79 Å². The number of anilines is 2. The lowest BCUT2D eigenvalue weighted by Crippen LogP contribution is -2.47. The molecule has 1 fully saturated rings. The van der Waals surface area contributed by atoms with Crippen LogP contribution in [0.25, 0.3) is 0 Å². The minimum absolute atomic E-state index is 0.193. The molecule has 0 spiro atoms. The van der Waals surface area contributed by atoms with Gasteiger partial charge in [-0.05, 0) is 19.0 Å². The number of para-hydroxylation sites is 1. The second-order valence-electron chi connectivity index (χ2n) is 6.79. The molecule has 1 aromatic carbocycles. The molecule has 1 saturated heterocycles. The monoisotopic (exact) mass is 384 g/mol. The first-order valence-corrected chi connectivity index (χ1v) is 9.62. The Labute approximate surface area is 165 Å². The number of nitrogens with zero attached hydrogens (tertiary/aromatic N) is 4. The molecule has 1 amide bonds. The van der Waals surface area contributed by atoms with Gasteiger partial charge in [0.05, 0.1) is 12.7 Å². The van der Waals surface area contributed by atoms with Gasteiger partial charge in [-0.25, -0.2) is 4.98 Å². The molecule has 0 aliphatic carbocycles. The van der Waals surface area contributed by atoms with Crippen molar-refractivity contribution in [3.8, 4) is 5.75 Å². The van der Waals surface area contributed by atoms with E-state index in [0.717, 1.165) is 50.5 Å². The number of hydrogen-bond acceptors (Lipinski definition) is 7. The van der Waals surface area contributed by atoms with Crippen molar-refractivity contribution in [2.24, 2.45) is 0 Å². The van der Waals surface area contributed by atoms with Gasteiger partial charge in [-0.15, -0.1) is 0 Å². The summed E-state index contributed by atoms with van der Waals surface area (Å²) >= 11 is 0. The van der Waals surface area contributed by atoms with Crippen molar-refractivity contribution in [1.82, 2.24) is 20.2 Å². The topological polar surface area (TPSA) is 96.6 Å². The fourth-order valence-corrected chi connectivity index (χ4v) is 3.32. The third kappa shape index (κ3) is 4.69. The molecule has 2 aromatic rings. The van der Waals surface area contributed by atoms with Gasteiger partial charge < -0.3 is 20.7 Å². The molecule has 28 heavy (non-hydrogen) atoms. The van der Waals surface area contributed by atoms with Crippen LogP contribution in [0, 0.1) is 0 Å². The lowest BCUT2D eigenvalue weighted by atomic mass is 10.2. The van der Waals surface area contributed by atoms with E-state index in [2.05, 4.69) is 32.0 Å². The van der Waals surface area contributed by atoms with Crippen LogP contribution in [-0.2, 0) is 6.54 Å². The molecule has 8 nitrogen and oxygen atoms in total. The van der Waals surface area contributed by atoms with E-state index in [1.54, 1.807) is 7.11 Å². The zero-order valence-corrected chi connectivity index (χ0v) is 16.5. The number of hydrogen-bond donors (Lipinski definition) is 2. The number of aromatic nitrogens is 2. The highest BCUT2D eigenvalue weighted by Crippen LogP contribution is 2.18. The van der Waals surface area contributed by atoms with Crippen LogP contribution in [0.4, 0.5) is 11.8 Å². The Morgan fingerprint density at radius 2 is 2.00 bits per heavy atom. The molecule has 150 valence electrons. The number of benzene rings is 1. The van der Waals surface area contributed by atoms with Gasteiger partial charge in [-0.1, -0.05) is 25.1 Å². The first-order valence-electron chi connectivity index (χ1n) is 9.62. The number of amides is 1. The third-order valence-electron chi connectivity index (χ3n) is 4.88. The Morgan fingerprint density at radius 1 is 1.25 bits per heavy atom. The smallest absolute Gasteiger partial charge is 0.256 e. The summed E-state index contributed by atoms with van der Waals surface area (Å²) in [6.45, 7) is 7.33. The number of methoxy groups -OCH3 is 1. The quantitative estimate of drug-likeness (QED) is 0.747. The van der Waals surface area contributed by atoms with Crippen LogP contribution in [0.1, 0.15) is 29.3 Å². The molecule has 3 rings (SSSR count). The van der Waals surface area contributed by atoms with Crippen molar-refractivity contribution < 1.29 is 9.53 Å². The minimum atomic E-state index is -0.303. The molecule has 0 saturated carbocycles. The van der Waals surface area contributed by atoms with Crippen LogP contribution >= 0.6 is 0 Å². The van der Waals surface area contributed by atoms with Crippen LogP contribution in [0.5, 0.6) is 5.75 Å². The SMILES string of the molecule is CCCN1CCN(c2ncc(C(=O)NCc3ccccc3OC)c(N)n2)CC1. The van der Waals surface area contributed by atoms with Crippen LogP contribution in [0.2, 0.25) is 0 Å². The predicted molar refractivity (Wildman–Crippen MR) is 110 cm³/mol. The molecule has 1 aromatic heterocycles. The van der Waals surface area contributed by atoms with E-state index in [1.165, 1.54) is 6.20 Å². The van der Waals surface area contributed by atoms with Crippen molar-refractivity contribution in [2.45, 2.75) is 19.9 Å². The van der Waals surface area contributed by atoms with E-state index in [-0.39, 0.29) is 17.3 Å². The van der Waals surface area contributed by atoms with E-state index in [0.29, 0.717) is 12.5 Å². The molecule has 1 aliphatic rings. The van der Waals surface area contributed by atoms with Crippen molar-refractivity contribution >= 4 is 17.7 Å². The summed E-state index contributed by atoms with van der Waals surface area (Å²) in [5.74, 6) is 1.20. The summed E-state index contributed by atoms with van der Waals surface area (Å²) in [4.78, 5) is 25.8. The first kappa shape index (κ1) is 19.9. The van der Waals surface area contributed by atoms with E-state index in [1.807, 2.05) is 24.3 Å². The number of rotatable bonds is 7. The minimum Gasteiger partial charge on any atom is -0.496 e. The molecular weight excluding hydrogens is 356 g/mol. The lowest BCUT2D eigenvalue weighted by Gasteiger charge is -2.34. The maximum Gasteiger partial charge on any atom is 0.256 e. The van der Waals surface area contributed by atoms with Gasteiger partial charge in [-0.2, -0.15) is 4.98 Å².